The Hall–Kier alpha value is -0.380. The van der Waals surface area contributed by atoms with E-state index in [0.717, 1.165) is 12.0 Å². The molecule has 1 aromatic heterocycles. The van der Waals surface area contributed by atoms with Crippen molar-refractivity contribution >= 4 is 37.4 Å². The van der Waals surface area contributed by atoms with Crippen LogP contribution in [0, 0.1) is 5.92 Å². The van der Waals surface area contributed by atoms with Crippen LogP contribution in [0.2, 0.25) is 0 Å². The van der Waals surface area contributed by atoms with E-state index in [9.17, 15) is 0 Å². The number of fused-ring (bicyclic) bond motifs is 1. The summed E-state index contributed by atoms with van der Waals surface area (Å²) in [5.74, 6) is 0.809. The van der Waals surface area contributed by atoms with Crippen molar-refractivity contribution in [3.05, 3.63) is 33.6 Å². The number of thiophene rings is 1. The maximum atomic E-state index is 3.65. The van der Waals surface area contributed by atoms with Crippen LogP contribution >= 0.6 is 27.3 Å². The second kappa shape index (κ2) is 6.59. The van der Waals surface area contributed by atoms with Crippen molar-refractivity contribution < 1.29 is 0 Å². The molecule has 0 bridgehead atoms. The molecule has 2 aromatic rings. The third-order valence-corrected chi connectivity index (χ3v) is 6.19. The third-order valence-electron chi connectivity index (χ3n) is 4.19. The molecular formula is C17H22BrNS. The van der Waals surface area contributed by atoms with Crippen molar-refractivity contribution in [2.24, 2.45) is 5.92 Å². The highest BCUT2D eigenvalue weighted by molar-refractivity contribution is 9.10. The Morgan fingerprint density at radius 3 is 3.00 bits per heavy atom. The first kappa shape index (κ1) is 14.6. The van der Waals surface area contributed by atoms with Crippen LogP contribution in [0.1, 0.15) is 38.2 Å². The molecule has 1 saturated carbocycles. The minimum atomic E-state index is 0.809. The highest BCUT2D eigenvalue weighted by atomic mass is 79.9. The van der Waals surface area contributed by atoms with Crippen molar-refractivity contribution in [3.63, 3.8) is 0 Å². The van der Waals surface area contributed by atoms with Crippen LogP contribution in [-0.4, -0.2) is 12.6 Å². The zero-order valence-electron chi connectivity index (χ0n) is 12.0. The SMILES string of the molecule is CC(CCNC1CC1)CCc1csc2c(Br)cccc12. The Kier molecular flexibility index (Phi) is 4.79. The minimum Gasteiger partial charge on any atom is -0.314 e. The van der Waals surface area contributed by atoms with Gasteiger partial charge in [0.2, 0.25) is 0 Å². The molecule has 0 spiro atoms. The number of rotatable bonds is 7. The summed E-state index contributed by atoms with van der Waals surface area (Å²) in [7, 11) is 0. The molecule has 0 radical (unpaired) electrons. The minimum absolute atomic E-state index is 0.809. The van der Waals surface area contributed by atoms with Crippen LogP contribution in [0.5, 0.6) is 0 Å². The molecule has 0 amide bonds. The molecule has 1 N–H and O–H groups in total. The highest BCUT2D eigenvalue weighted by Crippen LogP contribution is 2.33. The molecule has 1 nitrogen and oxygen atoms in total. The van der Waals surface area contributed by atoms with Gasteiger partial charge in [0.15, 0.2) is 0 Å². The lowest BCUT2D eigenvalue weighted by molar-refractivity contribution is 0.470. The molecule has 1 heterocycles. The van der Waals surface area contributed by atoms with E-state index >= 15 is 0 Å². The standard InChI is InChI=1S/C17H22BrNS/c1-12(9-10-19-14-7-8-14)5-6-13-11-20-17-15(13)3-2-4-16(17)18/h2-4,11-12,14,19H,5-10H2,1H3. The van der Waals surface area contributed by atoms with Gasteiger partial charge >= 0.3 is 0 Å². The quantitative estimate of drug-likeness (QED) is 0.706. The summed E-state index contributed by atoms with van der Waals surface area (Å²) in [5, 5.41) is 7.39. The topological polar surface area (TPSA) is 12.0 Å². The van der Waals surface area contributed by atoms with E-state index in [4.69, 9.17) is 0 Å². The van der Waals surface area contributed by atoms with Crippen LogP contribution < -0.4 is 5.32 Å². The molecule has 1 aliphatic carbocycles. The fourth-order valence-electron chi connectivity index (χ4n) is 2.64. The van der Waals surface area contributed by atoms with Crippen LogP contribution in [0.15, 0.2) is 28.1 Å². The second-order valence-corrected chi connectivity index (χ2v) is 7.77. The Labute approximate surface area is 133 Å². The fourth-order valence-corrected chi connectivity index (χ4v) is 4.29. The number of hydrogen-bond acceptors (Lipinski definition) is 2. The van der Waals surface area contributed by atoms with Gasteiger partial charge in [-0.2, -0.15) is 0 Å². The molecule has 1 atom stereocenters. The lowest BCUT2D eigenvalue weighted by atomic mass is 9.98. The summed E-state index contributed by atoms with van der Waals surface area (Å²) >= 11 is 5.51. The Morgan fingerprint density at radius 1 is 1.35 bits per heavy atom. The largest absolute Gasteiger partial charge is 0.314 e. The predicted octanol–water partition coefficient (Wildman–Crippen LogP) is 5.37. The second-order valence-electron chi connectivity index (χ2n) is 6.04. The maximum absolute atomic E-state index is 3.65. The highest BCUT2D eigenvalue weighted by Gasteiger charge is 2.19. The summed E-state index contributed by atoms with van der Waals surface area (Å²) < 4.78 is 2.62. The maximum Gasteiger partial charge on any atom is 0.0487 e. The van der Waals surface area contributed by atoms with E-state index in [2.05, 4.69) is 51.7 Å². The van der Waals surface area contributed by atoms with Gasteiger partial charge in [-0.3, -0.25) is 0 Å². The molecule has 0 saturated heterocycles. The Morgan fingerprint density at radius 2 is 2.20 bits per heavy atom. The third kappa shape index (κ3) is 3.63. The molecule has 1 fully saturated rings. The van der Waals surface area contributed by atoms with Gasteiger partial charge in [0, 0.05) is 15.2 Å². The lowest BCUT2D eigenvalue weighted by Gasteiger charge is -2.11. The first-order chi connectivity index (χ1) is 9.74. The van der Waals surface area contributed by atoms with Gasteiger partial charge in [-0.05, 0) is 82.9 Å². The smallest absolute Gasteiger partial charge is 0.0487 e. The average Bonchev–Trinajstić information content (AvgIpc) is 3.16. The molecule has 20 heavy (non-hydrogen) atoms. The zero-order valence-corrected chi connectivity index (χ0v) is 14.4. The van der Waals surface area contributed by atoms with E-state index in [1.165, 1.54) is 58.8 Å². The normalized spacial score (nSPS) is 16.7. The molecule has 108 valence electrons. The lowest BCUT2D eigenvalue weighted by Crippen LogP contribution is -2.19. The van der Waals surface area contributed by atoms with Gasteiger partial charge in [-0.25, -0.2) is 0 Å². The fraction of sp³-hybridized carbons (Fsp3) is 0.529. The van der Waals surface area contributed by atoms with Gasteiger partial charge in [-0.1, -0.05) is 19.1 Å². The van der Waals surface area contributed by atoms with Gasteiger partial charge in [-0.15, -0.1) is 11.3 Å². The molecule has 1 aliphatic rings. The summed E-state index contributed by atoms with van der Waals surface area (Å²) in [6.45, 7) is 3.58. The number of hydrogen-bond donors (Lipinski definition) is 1. The number of benzene rings is 1. The summed E-state index contributed by atoms with van der Waals surface area (Å²) in [6, 6.07) is 7.38. The average molecular weight is 352 g/mol. The van der Waals surface area contributed by atoms with E-state index in [0.29, 0.717) is 0 Å². The first-order valence-electron chi connectivity index (χ1n) is 7.62. The molecule has 1 aromatic carbocycles. The van der Waals surface area contributed by atoms with Crippen molar-refractivity contribution in [2.75, 3.05) is 6.54 Å². The van der Waals surface area contributed by atoms with Crippen molar-refractivity contribution in [1.29, 1.82) is 0 Å². The summed E-state index contributed by atoms with van der Waals surface area (Å²) in [4.78, 5) is 0. The van der Waals surface area contributed by atoms with Crippen LogP contribution in [0.25, 0.3) is 10.1 Å². The van der Waals surface area contributed by atoms with Gasteiger partial charge in [0.25, 0.3) is 0 Å². The van der Waals surface area contributed by atoms with Crippen LogP contribution in [0.4, 0.5) is 0 Å². The molecule has 0 aliphatic heterocycles. The van der Waals surface area contributed by atoms with Gasteiger partial charge in [0.1, 0.15) is 0 Å². The van der Waals surface area contributed by atoms with Crippen molar-refractivity contribution in [3.8, 4) is 0 Å². The number of halogens is 1. The van der Waals surface area contributed by atoms with Crippen molar-refractivity contribution in [1.82, 2.24) is 5.32 Å². The summed E-state index contributed by atoms with van der Waals surface area (Å²) in [5.41, 5.74) is 1.52. The van der Waals surface area contributed by atoms with Crippen LogP contribution in [0.3, 0.4) is 0 Å². The molecule has 3 heteroatoms. The van der Waals surface area contributed by atoms with Gasteiger partial charge < -0.3 is 5.32 Å². The Balaban J connectivity index is 1.52. The number of nitrogens with one attached hydrogen (secondary N) is 1. The Bertz CT molecular complexity index is 573. The number of aryl methyl sites for hydroxylation is 1. The van der Waals surface area contributed by atoms with Crippen LogP contribution in [-0.2, 0) is 6.42 Å². The zero-order chi connectivity index (χ0) is 13.9. The van der Waals surface area contributed by atoms with Gasteiger partial charge in [0.05, 0.1) is 0 Å². The first-order valence-corrected chi connectivity index (χ1v) is 9.29. The van der Waals surface area contributed by atoms with Crippen molar-refractivity contribution in [2.45, 2.75) is 45.1 Å². The molecule has 1 unspecified atom stereocenters. The predicted molar refractivity (Wildman–Crippen MR) is 92.7 cm³/mol. The monoisotopic (exact) mass is 351 g/mol. The van der Waals surface area contributed by atoms with E-state index in [1.54, 1.807) is 0 Å². The summed E-state index contributed by atoms with van der Waals surface area (Å²) in [6.07, 6.45) is 6.60. The van der Waals surface area contributed by atoms with E-state index < -0.39 is 0 Å². The van der Waals surface area contributed by atoms with E-state index in [-0.39, 0.29) is 0 Å². The molecule has 3 rings (SSSR count). The molecular weight excluding hydrogens is 330 g/mol. The van der Waals surface area contributed by atoms with E-state index in [1.807, 2.05) is 11.3 Å².